The molecule has 0 saturated heterocycles. The van der Waals surface area contributed by atoms with E-state index < -0.39 is 5.54 Å². The smallest absolute Gasteiger partial charge is 0.252 e. The molecule has 0 heterocycles. The molecule has 0 aliphatic heterocycles. The maximum absolute atomic E-state index is 12.2. The third-order valence-corrected chi connectivity index (χ3v) is 3.86. The molecule has 0 aliphatic rings. The number of nitrogens with two attached hydrogens (primary N) is 1. The first-order chi connectivity index (χ1) is 8.30. The van der Waals surface area contributed by atoms with Crippen LogP contribution in [0.15, 0.2) is 18.2 Å². The number of benzene rings is 1. The first kappa shape index (κ1) is 14.6. The van der Waals surface area contributed by atoms with Crippen LogP contribution in [-0.4, -0.2) is 16.4 Å². The maximum Gasteiger partial charge on any atom is 0.252 e. The summed E-state index contributed by atoms with van der Waals surface area (Å²) in [5.41, 5.74) is 7.94. The fourth-order valence-corrected chi connectivity index (χ4v) is 1.72. The molecule has 4 heteroatoms. The van der Waals surface area contributed by atoms with Crippen LogP contribution in [0.2, 0.25) is 0 Å². The molecule has 0 spiro atoms. The molecule has 3 N–H and O–H groups in total. The van der Waals surface area contributed by atoms with Crippen LogP contribution in [0.1, 0.15) is 41.8 Å². The number of rotatable bonds is 4. The number of hydrogen-bond donors (Lipinski definition) is 2. The lowest BCUT2D eigenvalue weighted by Gasteiger charge is -2.28. The molecule has 0 saturated carbocycles. The lowest BCUT2D eigenvalue weighted by molar-refractivity contribution is 0.0926. The Morgan fingerprint density at radius 2 is 2.00 bits per heavy atom. The van der Waals surface area contributed by atoms with Gasteiger partial charge >= 0.3 is 0 Å². The highest BCUT2D eigenvalue weighted by Gasteiger charge is 2.27. The zero-order chi connectivity index (χ0) is 13.9. The number of hydrogen-bond acceptors (Lipinski definition) is 2. The standard InChI is InChI=1S/C14H20N2OS/c1-5-14(4,13(15)18)16-12(17)11-7-6-9(2)10(3)8-11/h6-8H,5H2,1-4H3,(H2,15,18)(H,16,17). The summed E-state index contributed by atoms with van der Waals surface area (Å²) in [5, 5.41) is 2.90. The maximum atomic E-state index is 12.2. The fraction of sp³-hybridized carbons (Fsp3) is 0.429. The van der Waals surface area contributed by atoms with Crippen molar-refractivity contribution >= 4 is 23.1 Å². The number of amides is 1. The van der Waals surface area contributed by atoms with Crippen molar-refractivity contribution in [2.75, 3.05) is 0 Å². The van der Waals surface area contributed by atoms with Crippen molar-refractivity contribution in [3.8, 4) is 0 Å². The van der Waals surface area contributed by atoms with E-state index in [0.717, 1.165) is 5.56 Å². The summed E-state index contributed by atoms with van der Waals surface area (Å²) >= 11 is 5.01. The second-order valence-corrected chi connectivity index (χ2v) is 5.24. The Balaban J connectivity index is 2.95. The van der Waals surface area contributed by atoms with Gasteiger partial charge in [0.15, 0.2) is 0 Å². The lowest BCUT2D eigenvalue weighted by Crippen LogP contribution is -2.54. The van der Waals surface area contributed by atoms with E-state index in [1.165, 1.54) is 5.56 Å². The van der Waals surface area contributed by atoms with Crippen LogP contribution in [-0.2, 0) is 0 Å². The molecule has 18 heavy (non-hydrogen) atoms. The van der Waals surface area contributed by atoms with E-state index in [9.17, 15) is 4.79 Å². The van der Waals surface area contributed by atoms with E-state index in [-0.39, 0.29) is 5.91 Å². The lowest BCUT2D eigenvalue weighted by atomic mass is 9.97. The molecule has 1 aromatic carbocycles. The summed E-state index contributed by atoms with van der Waals surface area (Å²) in [6, 6.07) is 5.63. The third-order valence-electron chi connectivity index (χ3n) is 3.41. The number of aryl methyl sites for hydroxylation is 2. The highest BCUT2D eigenvalue weighted by molar-refractivity contribution is 7.80. The minimum atomic E-state index is -0.634. The average Bonchev–Trinajstić information content (AvgIpc) is 2.32. The van der Waals surface area contributed by atoms with Crippen LogP contribution >= 0.6 is 12.2 Å². The predicted octanol–water partition coefficient (Wildman–Crippen LogP) is 2.49. The van der Waals surface area contributed by atoms with Gasteiger partial charge in [0.05, 0.1) is 10.5 Å². The van der Waals surface area contributed by atoms with Crippen molar-refractivity contribution in [2.45, 2.75) is 39.7 Å². The van der Waals surface area contributed by atoms with Crippen LogP contribution in [0.4, 0.5) is 0 Å². The molecule has 0 fully saturated rings. The van der Waals surface area contributed by atoms with Gasteiger partial charge in [-0.25, -0.2) is 0 Å². The largest absolute Gasteiger partial charge is 0.391 e. The van der Waals surface area contributed by atoms with Crippen molar-refractivity contribution < 1.29 is 4.79 Å². The van der Waals surface area contributed by atoms with E-state index in [0.29, 0.717) is 17.0 Å². The fourth-order valence-electron chi connectivity index (χ4n) is 1.53. The number of carbonyl (C=O) groups excluding carboxylic acids is 1. The highest BCUT2D eigenvalue weighted by atomic mass is 32.1. The Morgan fingerprint density at radius 3 is 2.44 bits per heavy atom. The molecular formula is C14H20N2OS. The van der Waals surface area contributed by atoms with Gasteiger partial charge in [0, 0.05) is 5.56 Å². The van der Waals surface area contributed by atoms with Gasteiger partial charge in [-0.2, -0.15) is 0 Å². The zero-order valence-electron chi connectivity index (χ0n) is 11.3. The zero-order valence-corrected chi connectivity index (χ0v) is 12.1. The van der Waals surface area contributed by atoms with Crippen molar-refractivity contribution in [2.24, 2.45) is 5.73 Å². The Bertz CT molecular complexity index is 485. The van der Waals surface area contributed by atoms with Crippen LogP contribution < -0.4 is 11.1 Å². The molecule has 1 unspecified atom stereocenters. The van der Waals surface area contributed by atoms with Crippen molar-refractivity contribution in [1.29, 1.82) is 0 Å². The van der Waals surface area contributed by atoms with Gasteiger partial charge in [-0.1, -0.05) is 25.2 Å². The molecule has 1 aromatic rings. The van der Waals surface area contributed by atoms with Gasteiger partial charge in [-0.3, -0.25) is 4.79 Å². The minimum absolute atomic E-state index is 0.143. The van der Waals surface area contributed by atoms with E-state index in [1.54, 1.807) is 0 Å². The molecule has 1 rings (SSSR count). The molecule has 1 atom stereocenters. The van der Waals surface area contributed by atoms with E-state index in [4.69, 9.17) is 18.0 Å². The molecule has 1 amide bonds. The Morgan fingerprint density at radius 1 is 1.39 bits per heavy atom. The van der Waals surface area contributed by atoms with Crippen molar-refractivity contribution in [1.82, 2.24) is 5.32 Å². The summed E-state index contributed by atoms with van der Waals surface area (Å²) in [5.74, 6) is -0.143. The summed E-state index contributed by atoms with van der Waals surface area (Å²) in [6.07, 6.45) is 0.666. The topological polar surface area (TPSA) is 55.1 Å². The van der Waals surface area contributed by atoms with E-state index in [2.05, 4.69) is 5.32 Å². The highest BCUT2D eigenvalue weighted by Crippen LogP contribution is 2.14. The van der Waals surface area contributed by atoms with Crippen LogP contribution in [0.5, 0.6) is 0 Å². The molecule has 0 radical (unpaired) electrons. The van der Waals surface area contributed by atoms with Crippen LogP contribution in [0.25, 0.3) is 0 Å². The third kappa shape index (κ3) is 3.07. The van der Waals surface area contributed by atoms with Gasteiger partial charge in [-0.05, 0) is 50.5 Å². The Labute approximate surface area is 114 Å². The first-order valence-electron chi connectivity index (χ1n) is 6.00. The van der Waals surface area contributed by atoms with Gasteiger partial charge in [0.2, 0.25) is 0 Å². The van der Waals surface area contributed by atoms with Crippen molar-refractivity contribution in [3.05, 3.63) is 34.9 Å². The van der Waals surface area contributed by atoms with Gasteiger partial charge < -0.3 is 11.1 Å². The summed E-state index contributed by atoms with van der Waals surface area (Å²) in [4.78, 5) is 12.5. The molecule has 0 aromatic heterocycles. The Kier molecular flexibility index (Phi) is 4.46. The molecular weight excluding hydrogens is 244 g/mol. The first-order valence-corrected chi connectivity index (χ1v) is 6.40. The van der Waals surface area contributed by atoms with Gasteiger partial charge in [0.25, 0.3) is 5.91 Å². The Hall–Kier alpha value is -1.42. The molecule has 0 bridgehead atoms. The summed E-state index contributed by atoms with van der Waals surface area (Å²) in [6.45, 7) is 7.79. The number of nitrogens with one attached hydrogen (secondary N) is 1. The summed E-state index contributed by atoms with van der Waals surface area (Å²) in [7, 11) is 0. The van der Waals surface area contributed by atoms with Crippen LogP contribution in [0.3, 0.4) is 0 Å². The monoisotopic (exact) mass is 264 g/mol. The minimum Gasteiger partial charge on any atom is -0.391 e. The predicted molar refractivity (Wildman–Crippen MR) is 78.9 cm³/mol. The van der Waals surface area contributed by atoms with Crippen molar-refractivity contribution in [3.63, 3.8) is 0 Å². The molecule has 3 nitrogen and oxygen atoms in total. The molecule has 98 valence electrons. The second kappa shape index (κ2) is 5.48. The van der Waals surface area contributed by atoms with Crippen LogP contribution in [0, 0.1) is 13.8 Å². The molecule has 0 aliphatic carbocycles. The SMILES string of the molecule is CCC(C)(NC(=O)c1ccc(C)c(C)c1)C(N)=S. The number of thiocarbonyl (C=S) groups is 1. The second-order valence-electron chi connectivity index (χ2n) is 4.80. The van der Waals surface area contributed by atoms with Gasteiger partial charge in [-0.15, -0.1) is 0 Å². The van der Waals surface area contributed by atoms with E-state index >= 15 is 0 Å². The van der Waals surface area contributed by atoms with E-state index in [1.807, 2.05) is 45.9 Å². The van der Waals surface area contributed by atoms with Gasteiger partial charge in [0.1, 0.15) is 0 Å². The normalized spacial score (nSPS) is 13.8. The summed E-state index contributed by atoms with van der Waals surface area (Å²) < 4.78 is 0. The quantitative estimate of drug-likeness (QED) is 0.822. The number of carbonyl (C=O) groups is 1. The average molecular weight is 264 g/mol.